The molecule has 0 saturated carbocycles. The molecule has 1 N–H and O–H groups in total. The maximum Gasteiger partial charge on any atom is 0.144 e. The van der Waals surface area contributed by atoms with Crippen LogP contribution in [0.15, 0.2) is 36.7 Å². The van der Waals surface area contributed by atoms with Crippen LogP contribution in [0.4, 0.5) is 11.5 Å². The molecule has 0 aliphatic rings. The molecule has 0 saturated heterocycles. The number of nitrogens with zero attached hydrogens (tertiary/aromatic N) is 3. The van der Waals surface area contributed by atoms with Crippen LogP contribution in [0.2, 0.25) is 0 Å². The number of aromatic nitrogens is 2. The van der Waals surface area contributed by atoms with Gasteiger partial charge in [0.1, 0.15) is 5.82 Å². The molecule has 0 amide bonds. The largest absolute Gasteiger partial charge is 0.369 e. The highest BCUT2D eigenvalue weighted by Gasteiger charge is 2.07. The minimum absolute atomic E-state index is 0.777. The van der Waals surface area contributed by atoms with Crippen LogP contribution >= 0.6 is 0 Å². The first-order valence-corrected chi connectivity index (χ1v) is 7.09. The predicted octanol–water partition coefficient (Wildman–Crippen LogP) is 3.24. The Morgan fingerprint density at radius 3 is 2.60 bits per heavy atom. The molecule has 1 heterocycles. The van der Waals surface area contributed by atoms with Crippen molar-refractivity contribution in [3.63, 3.8) is 0 Å². The Labute approximate surface area is 120 Å². The van der Waals surface area contributed by atoms with Gasteiger partial charge in [0.15, 0.2) is 0 Å². The SMILES string of the molecule is CCNc1cnc(CN(CC)c2cccc(C)c2)cn1. The second-order valence-corrected chi connectivity index (χ2v) is 4.78. The second kappa shape index (κ2) is 6.89. The molecule has 0 spiro atoms. The first kappa shape index (κ1) is 14.3. The maximum absolute atomic E-state index is 4.47. The van der Waals surface area contributed by atoms with E-state index in [1.54, 1.807) is 6.20 Å². The molecule has 20 heavy (non-hydrogen) atoms. The zero-order valence-corrected chi connectivity index (χ0v) is 12.4. The molecular weight excluding hydrogens is 248 g/mol. The van der Waals surface area contributed by atoms with Gasteiger partial charge in [-0.25, -0.2) is 4.98 Å². The molecule has 1 aromatic carbocycles. The maximum atomic E-state index is 4.47. The number of rotatable bonds is 6. The molecule has 2 rings (SSSR count). The molecular formula is C16H22N4. The Balaban J connectivity index is 2.09. The lowest BCUT2D eigenvalue weighted by Crippen LogP contribution is -2.22. The van der Waals surface area contributed by atoms with Gasteiger partial charge in [-0.3, -0.25) is 4.98 Å². The standard InChI is InChI=1S/C16H22N4/c1-4-17-16-11-18-14(10-19-16)12-20(5-2)15-8-6-7-13(3)9-15/h6-11H,4-5,12H2,1-3H3,(H,17,19). The van der Waals surface area contributed by atoms with Crippen LogP contribution in [0.1, 0.15) is 25.1 Å². The highest BCUT2D eigenvalue weighted by Crippen LogP contribution is 2.17. The molecule has 0 atom stereocenters. The fourth-order valence-electron chi connectivity index (χ4n) is 2.11. The van der Waals surface area contributed by atoms with E-state index in [0.717, 1.165) is 31.1 Å². The number of aryl methyl sites for hydroxylation is 1. The molecule has 4 nitrogen and oxygen atoms in total. The summed E-state index contributed by atoms with van der Waals surface area (Å²) in [5.41, 5.74) is 3.48. The molecule has 0 unspecified atom stereocenters. The molecule has 2 aromatic rings. The van der Waals surface area contributed by atoms with Gasteiger partial charge in [-0.1, -0.05) is 12.1 Å². The summed E-state index contributed by atoms with van der Waals surface area (Å²) in [5, 5.41) is 3.15. The van der Waals surface area contributed by atoms with Crippen LogP contribution in [0.5, 0.6) is 0 Å². The molecule has 0 bridgehead atoms. The normalized spacial score (nSPS) is 10.3. The van der Waals surface area contributed by atoms with Crippen molar-refractivity contribution in [2.24, 2.45) is 0 Å². The Morgan fingerprint density at radius 1 is 1.15 bits per heavy atom. The number of anilines is 2. The predicted molar refractivity (Wildman–Crippen MR) is 84.1 cm³/mol. The van der Waals surface area contributed by atoms with Crippen LogP contribution in [0, 0.1) is 6.92 Å². The van der Waals surface area contributed by atoms with Gasteiger partial charge in [0, 0.05) is 18.8 Å². The van der Waals surface area contributed by atoms with E-state index in [1.165, 1.54) is 11.3 Å². The van der Waals surface area contributed by atoms with Gasteiger partial charge in [-0.05, 0) is 38.5 Å². The molecule has 4 heteroatoms. The number of hydrogen-bond donors (Lipinski definition) is 1. The summed E-state index contributed by atoms with van der Waals surface area (Å²) >= 11 is 0. The minimum Gasteiger partial charge on any atom is -0.369 e. The number of nitrogens with one attached hydrogen (secondary N) is 1. The number of hydrogen-bond acceptors (Lipinski definition) is 4. The topological polar surface area (TPSA) is 41.1 Å². The van der Waals surface area contributed by atoms with Crippen LogP contribution in [0.25, 0.3) is 0 Å². The van der Waals surface area contributed by atoms with Crippen molar-refractivity contribution in [2.75, 3.05) is 23.3 Å². The minimum atomic E-state index is 0.777. The average molecular weight is 270 g/mol. The second-order valence-electron chi connectivity index (χ2n) is 4.78. The van der Waals surface area contributed by atoms with Crippen molar-refractivity contribution in [1.82, 2.24) is 9.97 Å². The molecule has 106 valence electrons. The van der Waals surface area contributed by atoms with E-state index in [9.17, 15) is 0 Å². The van der Waals surface area contributed by atoms with E-state index in [-0.39, 0.29) is 0 Å². The third kappa shape index (κ3) is 3.70. The first-order valence-electron chi connectivity index (χ1n) is 7.09. The van der Waals surface area contributed by atoms with Crippen molar-refractivity contribution in [2.45, 2.75) is 27.3 Å². The van der Waals surface area contributed by atoms with E-state index in [2.05, 4.69) is 58.3 Å². The molecule has 0 radical (unpaired) electrons. The lowest BCUT2D eigenvalue weighted by atomic mass is 10.2. The van der Waals surface area contributed by atoms with E-state index >= 15 is 0 Å². The summed E-state index contributed by atoms with van der Waals surface area (Å²) in [7, 11) is 0. The Bertz CT molecular complexity index is 536. The molecule has 0 aliphatic heterocycles. The number of benzene rings is 1. The monoisotopic (exact) mass is 270 g/mol. The highest BCUT2D eigenvalue weighted by atomic mass is 15.1. The van der Waals surface area contributed by atoms with Crippen LogP contribution in [0.3, 0.4) is 0 Å². The van der Waals surface area contributed by atoms with Gasteiger partial charge in [-0.15, -0.1) is 0 Å². The van der Waals surface area contributed by atoms with Gasteiger partial charge in [0.2, 0.25) is 0 Å². The van der Waals surface area contributed by atoms with Gasteiger partial charge in [0.05, 0.1) is 24.6 Å². The van der Waals surface area contributed by atoms with Crippen molar-refractivity contribution < 1.29 is 0 Å². The third-order valence-corrected chi connectivity index (χ3v) is 3.16. The van der Waals surface area contributed by atoms with Crippen molar-refractivity contribution in [3.8, 4) is 0 Å². The summed E-state index contributed by atoms with van der Waals surface area (Å²) in [6.45, 7) is 8.90. The van der Waals surface area contributed by atoms with E-state index in [0.29, 0.717) is 0 Å². The fourth-order valence-corrected chi connectivity index (χ4v) is 2.11. The summed E-state index contributed by atoms with van der Waals surface area (Å²) in [6, 6.07) is 8.54. The Hall–Kier alpha value is -2.10. The first-order chi connectivity index (χ1) is 9.72. The van der Waals surface area contributed by atoms with Gasteiger partial charge in [0.25, 0.3) is 0 Å². The van der Waals surface area contributed by atoms with E-state index < -0.39 is 0 Å². The van der Waals surface area contributed by atoms with Crippen LogP contribution in [-0.2, 0) is 6.54 Å². The van der Waals surface area contributed by atoms with Crippen molar-refractivity contribution in [1.29, 1.82) is 0 Å². The van der Waals surface area contributed by atoms with Gasteiger partial charge < -0.3 is 10.2 Å². The summed E-state index contributed by atoms with van der Waals surface area (Å²) < 4.78 is 0. The summed E-state index contributed by atoms with van der Waals surface area (Å²) in [6.07, 6.45) is 3.64. The van der Waals surface area contributed by atoms with E-state index in [4.69, 9.17) is 0 Å². The van der Waals surface area contributed by atoms with Crippen molar-refractivity contribution >= 4 is 11.5 Å². The fraction of sp³-hybridized carbons (Fsp3) is 0.375. The van der Waals surface area contributed by atoms with Crippen LogP contribution in [-0.4, -0.2) is 23.1 Å². The van der Waals surface area contributed by atoms with E-state index in [1.807, 2.05) is 13.1 Å². The lowest BCUT2D eigenvalue weighted by molar-refractivity contribution is 0.803. The quantitative estimate of drug-likeness (QED) is 0.875. The lowest BCUT2D eigenvalue weighted by Gasteiger charge is -2.23. The van der Waals surface area contributed by atoms with Crippen molar-refractivity contribution in [3.05, 3.63) is 47.9 Å². The molecule has 0 aliphatic carbocycles. The summed E-state index contributed by atoms with van der Waals surface area (Å²) in [4.78, 5) is 11.1. The molecule has 1 aromatic heterocycles. The van der Waals surface area contributed by atoms with Gasteiger partial charge >= 0.3 is 0 Å². The zero-order valence-electron chi connectivity index (χ0n) is 12.4. The van der Waals surface area contributed by atoms with Gasteiger partial charge in [-0.2, -0.15) is 0 Å². The smallest absolute Gasteiger partial charge is 0.144 e. The zero-order chi connectivity index (χ0) is 14.4. The van der Waals surface area contributed by atoms with Crippen LogP contribution < -0.4 is 10.2 Å². The molecule has 0 fully saturated rings. The highest BCUT2D eigenvalue weighted by molar-refractivity contribution is 5.48. The Kier molecular flexibility index (Phi) is 4.93. The Morgan fingerprint density at radius 2 is 2.00 bits per heavy atom. The third-order valence-electron chi connectivity index (χ3n) is 3.16. The average Bonchev–Trinajstić information content (AvgIpc) is 2.47. The summed E-state index contributed by atoms with van der Waals surface area (Å²) in [5.74, 6) is 0.829.